The number of nitrogens with one attached hydrogen (secondary N) is 1. The van der Waals surface area contributed by atoms with Crippen molar-refractivity contribution in [2.45, 2.75) is 37.4 Å². The zero-order valence-corrected chi connectivity index (χ0v) is 23.8. The predicted molar refractivity (Wildman–Crippen MR) is 132 cm³/mol. The number of hydrogen-bond acceptors (Lipinski definition) is 13. The van der Waals surface area contributed by atoms with Gasteiger partial charge in [-0.05, 0) is 5.56 Å². The molecule has 0 spiro atoms. The van der Waals surface area contributed by atoms with E-state index in [1.54, 1.807) is 30.3 Å². The number of rotatable bonds is 17. The van der Waals surface area contributed by atoms with E-state index in [-0.39, 0.29) is 32.6 Å². The third-order valence-corrected chi connectivity index (χ3v) is 9.22. The minimum atomic E-state index is -5.56. The summed E-state index contributed by atoms with van der Waals surface area (Å²) >= 11 is 0. The fourth-order valence-corrected chi connectivity index (χ4v) is 6.53. The molecule has 0 aromatic heterocycles. The van der Waals surface area contributed by atoms with E-state index in [0.29, 0.717) is 7.11 Å². The van der Waals surface area contributed by atoms with E-state index in [4.69, 9.17) is 34.1 Å². The largest absolute Gasteiger partial charge is 0.490 e. The van der Waals surface area contributed by atoms with Gasteiger partial charge in [0.25, 0.3) is 0 Å². The number of carbonyl (C=O) groups excluding carboxylic acids is 1. The van der Waals surface area contributed by atoms with Crippen LogP contribution in [0.4, 0.5) is 4.79 Å². The Hall–Kier alpha value is -1.26. The van der Waals surface area contributed by atoms with Gasteiger partial charge >= 0.3 is 29.6 Å². The van der Waals surface area contributed by atoms with Gasteiger partial charge in [0.15, 0.2) is 0 Å². The number of nitrogens with two attached hydrogens (primary N) is 1. The Morgan fingerprint density at radius 3 is 2.38 bits per heavy atom. The van der Waals surface area contributed by atoms with Crippen LogP contribution < -0.4 is 11.1 Å². The van der Waals surface area contributed by atoms with Gasteiger partial charge in [-0.2, -0.15) is 8.62 Å². The van der Waals surface area contributed by atoms with Crippen molar-refractivity contribution in [3.8, 4) is 0 Å². The second-order valence-electron chi connectivity index (χ2n) is 7.91. The topological polar surface area (TPSA) is 241 Å². The molecule has 6 N–H and O–H groups in total. The summed E-state index contributed by atoms with van der Waals surface area (Å²) < 4.78 is 73.5. The summed E-state index contributed by atoms with van der Waals surface area (Å²) in [6.45, 7) is -0.228. The normalized spacial score (nSPS) is 24.7. The lowest BCUT2D eigenvalue weighted by Crippen LogP contribution is -2.38. The number of carbonyl (C=O) groups is 1. The predicted octanol–water partition coefficient (Wildman–Crippen LogP) is 1.95. The standard InChI is InChI=1S/C19H33N2O15P3/c1-29-10-11-31-19(22)21-9-8-18(20)34-16-12-15(14-6-4-3-5-7-14)33-17(16)13-32-38(25,26)36-39(27,28)35-37(23,24)30-2/h3-7,15-18H,8-13,20H2,1-2H3,(H,21,22)(H,23,24)(H,25,26)(H,27,28)/t15-,16?,17-,18?/m1/s1. The van der Waals surface area contributed by atoms with Crippen molar-refractivity contribution < 1.29 is 69.8 Å². The van der Waals surface area contributed by atoms with Crippen LogP contribution in [0.15, 0.2) is 30.3 Å². The summed E-state index contributed by atoms with van der Waals surface area (Å²) in [6.07, 6.45) is -3.41. The summed E-state index contributed by atoms with van der Waals surface area (Å²) in [5.74, 6) is 0. The van der Waals surface area contributed by atoms with Gasteiger partial charge in [-0.3, -0.25) is 9.05 Å². The molecule has 0 radical (unpaired) electrons. The second kappa shape index (κ2) is 15.7. The molecule has 1 fully saturated rings. The van der Waals surface area contributed by atoms with Gasteiger partial charge in [0.1, 0.15) is 18.9 Å². The van der Waals surface area contributed by atoms with E-state index in [2.05, 4.69) is 18.5 Å². The van der Waals surface area contributed by atoms with E-state index < -0.39 is 60.7 Å². The van der Waals surface area contributed by atoms with E-state index in [9.17, 15) is 28.3 Å². The van der Waals surface area contributed by atoms with Crippen molar-refractivity contribution in [3.05, 3.63) is 35.9 Å². The van der Waals surface area contributed by atoms with Crippen LogP contribution in [0.1, 0.15) is 24.5 Å². The van der Waals surface area contributed by atoms with Gasteiger partial charge in [0.2, 0.25) is 0 Å². The highest BCUT2D eigenvalue weighted by Crippen LogP contribution is 2.67. The summed E-state index contributed by atoms with van der Waals surface area (Å²) in [6, 6.07) is 8.98. The maximum Gasteiger partial charge on any atom is 0.490 e. The van der Waals surface area contributed by atoms with E-state index in [1.807, 2.05) is 0 Å². The number of alkyl carbamates (subject to hydrolysis) is 1. The molecule has 17 nitrogen and oxygen atoms in total. The second-order valence-corrected chi connectivity index (χ2v) is 12.7. The third kappa shape index (κ3) is 12.9. The van der Waals surface area contributed by atoms with Crippen LogP contribution in [0, 0.1) is 0 Å². The van der Waals surface area contributed by atoms with Crippen LogP contribution in [-0.2, 0) is 50.3 Å². The Labute approximate surface area is 224 Å². The van der Waals surface area contributed by atoms with E-state index in [0.717, 1.165) is 5.56 Å². The first-order valence-corrected chi connectivity index (χ1v) is 15.9. The summed E-state index contributed by atoms with van der Waals surface area (Å²) in [7, 11) is -13.7. The summed E-state index contributed by atoms with van der Waals surface area (Å²) in [5, 5.41) is 2.50. The van der Waals surface area contributed by atoms with Crippen molar-refractivity contribution >= 4 is 29.6 Å². The molecule has 1 aliphatic heterocycles. The zero-order valence-electron chi connectivity index (χ0n) is 21.1. The molecule has 1 amide bonds. The van der Waals surface area contributed by atoms with Gasteiger partial charge in [0.05, 0.1) is 25.4 Å². The number of phosphoric acid groups is 3. The first kappa shape index (κ1) is 33.9. The van der Waals surface area contributed by atoms with E-state index >= 15 is 0 Å². The average Bonchev–Trinajstić information content (AvgIpc) is 3.24. The summed E-state index contributed by atoms with van der Waals surface area (Å²) in [4.78, 5) is 40.2. The lowest BCUT2D eigenvalue weighted by molar-refractivity contribution is -0.0726. The molecule has 0 aliphatic carbocycles. The van der Waals surface area contributed by atoms with Gasteiger partial charge in [0, 0.05) is 33.6 Å². The van der Waals surface area contributed by atoms with Crippen LogP contribution in [0.3, 0.4) is 0 Å². The number of hydrogen-bond donors (Lipinski definition) is 5. The Bertz CT molecular complexity index is 1050. The molecule has 1 aliphatic rings. The lowest BCUT2D eigenvalue weighted by Gasteiger charge is -2.24. The third-order valence-electron chi connectivity index (χ3n) is 4.99. The molecule has 7 atom stereocenters. The molecule has 1 heterocycles. The molecule has 20 heteroatoms. The molecule has 2 rings (SSSR count). The smallest absolute Gasteiger partial charge is 0.447 e. The SMILES string of the molecule is COCCOC(=O)NCCC(N)OC1C[C@H](c2ccccc2)O[C@@H]1COP(=O)(O)OP(=O)(O)OP(=O)(O)OC. The van der Waals surface area contributed by atoms with Crippen LogP contribution in [0.2, 0.25) is 0 Å². The average molecular weight is 622 g/mol. The van der Waals surface area contributed by atoms with Crippen molar-refractivity contribution in [2.24, 2.45) is 5.73 Å². The molecular weight excluding hydrogens is 589 g/mol. The van der Waals surface area contributed by atoms with Gasteiger partial charge in [-0.15, -0.1) is 0 Å². The van der Waals surface area contributed by atoms with Crippen molar-refractivity contribution in [1.29, 1.82) is 0 Å². The van der Waals surface area contributed by atoms with Crippen LogP contribution >= 0.6 is 23.5 Å². The van der Waals surface area contributed by atoms with Crippen molar-refractivity contribution in [3.63, 3.8) is 0 Å². The highest BCUT2D eigenvalue weighted by Gasteiger charge is 2.44. The first-order chi connectivity index (χ1) is 18.3. The minimum absolute atomic E-state index is 0.0782. The van der Waals surface area contributed by atoms with Crippen LogP contribution in [-0.4, -0.2) is 79.8 Å². The maximum atomic E-state index is 12.2. The Morgan fingerprint density at radius 2 is 1.74 bits per heavy atom. The van der Waals surface area contributed by atoms with Crippen molar-refractivity contribution in [1.82, 2.24) is 5.32 Å². The lowest BCUT2D eigenvalue weighted by atomic mass is 10.0. The van der Waals surface area contributed by atoms with Gasteiger partial charge in [-0.25, -0.2) is 18.5 Å². The molecule has 39 heavy (non-hydrogen) atoms. The Morgan fingerprint density at radius 1 is 1.08 bits per heavy atom. The molecule has 0 bridgehead atoms. The Balaban J connectivity index is 1.98. The zero-order chi connectivity index (χ0) is 29.1. The fraction of sp³-hybridized carbons (Fsp3) is 0.632. The summed E-state index contributed by atoms with van der Waals surface area (Å²) in [5.41, 5.74) is 6.81. The van der Waals surface area contributed by atoms with Crippen LogP contribution in [0.25, 0.3) is 0 Å². The highest BCUT2D eigenvalue weighted by atomic mass is 31.3. The molecule has 5 unspecified atom stereocenters. The van der Waals surface area contributed by atoms with Crippen molar-refractivity contribution in [2.75, 3.05) is 40.6 Å². The van der Waals surface area contributed by atoms with Gasteiger partial charge < -0.3 is 44.7 Å². The van der Waals surface area contributed by atoms with Gasteiger partial charge in [-0.1, -0.05) is 30.3 Å². The number of benzene rings is 1. The number of amides is 1. The molecule has 1 aromatic rings. The molecule has 1 aromatic carbocycles. The number of ether oxygens (including phenoxy) is 4. The highest BCUT2D eigenvalue weighted by molar-refractivity contribution is 7.66. The minimum Gasteiger partial charge on any atom is -0.447 e. The van der Waals surface area contributed by atoms with Crippen LogP contribution in [0.5, 0.6) is 0 Å². The molecule has 1 saturated heterocycles. The maximum absolute atomic E-state index is 12.2. The quantitative estimate of drug-likeness (QED) is 0.0947. The number of phosphoric ester groups is 2. The Kier molecular flexibility index (Phi) is 13.6. The fourth-order valence-electron chi connectivity index (χ4n) is 3.27. The molecule has 224 valence electrons. The first-order valence-electron chi connectivity index (χ1n) is 11.4. The molecule has 0 saturated carbocycles. The molecular formula is C19H33N2O15P3. The number of methoxy groups -OCH3 is 1. The monoisotopic (exact) mass is 622 g/mol. The van der Waals surface area contributed by atoms with E-state index in [1.165, 1.54) is 7.11 Å².